The summed E-state index contributed by atoms with van der Waals surface area (Å²) in [6, 6.07) is 1.80. The second-order valence-corrected chi connectivity index (χ2v) is 3.24. The highest BCUT2D eigenvalue weighted by molar-refractivity contribution is 5.78. The van der Waals surface area contributed by atoms with Gasteiger partial charge < -0.3 is 4.74 Å². The second-order valence-electron chi connectivity index (χ2n) is 3.24. The zero-order chi connectivity index (χ0) is 10.6. The molecule has 1 rings (SSSR count). The van der Waals surface area contributed by atoms with Crippen molar-refractivity contribution >= 4 is 6.29 Å². The lowest BCUT2D eigenvalue weighted by molar-refractivity contribution is 0.112. The van der Waals surface area contributed by atoms with E-state index in [9.17, 15) is 4.79 Å². The molecule has 0 saturated heterocycles. The molecule has 0 aliphatic rings. The van der Waals surface area contributed by atoms with Gasteiger partial charge in [0, 0.05) is 11.6 Å². The average Bonchev–Trinajstić information content (AvgIpc) is 2.14. The van der Waals surface area contributed by atoms with Gasteiger partial charge in [-0.1, -0.05) is 6.92 Å². The lowest BCUT2D eigenvalue weighted by Gasteiger charge is -2.07. The molecule has 0 atom stereocenters. The van der Waals surface area contributed by atoms with Crippen LogP contribution < -0.4 is 4.74 Å². The van der Waals surface area contributed by atoms with Crippen molar-refractivity contribution in [2.75, 3.05) is 6.61 Å². The van der Waals surface area contributed by atoms with Gasteiger partial charge >= 0.3 is 0 Å². The van der Waals surface area contributed by atoms with Crippen LogP contribution in [0.4, 0.5) is 0 Å². The number of hydrogen-bond donors (Lipinski definition) is 0. The molecule has 0 radical (unpaired) electrons. The molecule has 76 valence electrons. The van der Waals surface area contributed by atoms with Crippen molar-refractivity contribution in [3.63, 3.8) is 0 Å². The number of aryl methyl sites for hydroxylation is 2. The fourth-order valence-corrected chi connectivity index (χ4v) is 1.26. The van der Waals surface area contributed by atoms with Gasteiger partial charge in [0.15, 0.2) is 6.29 Å². The minimum absolute atomic E-state index is 0.604. The van der Waals surface area contributed by atoms with Crippen molar-refractivity contribution in [2.45, 2.75) is 27.2 Å². The fraction of sp³-hybridized carbons (Fsp3) is 0.455. The lowest BCUT2D eigenvalue weighted by atomic mass is 10.1. The topological polar surface area (TPSA) is 39.2 Å². The van der Waals surface area contributed by atoms with Crippen LogP contribution in [-0.2, 0) is 0 Å². The van der Waals surface area contributed by atoms with Gasteiger partial charge in [-0.3, -0.25) is 4.79 Å². The fourth-order valence-electron chi connectivity index (χ4n) is 1.26. The zero-order valence-electron chi connectivity index (χ0n) is 8.83. The lowest BCUT2D eigenvalue weighted by Crippen LogP contribution is -2.02. The number of carbonyl (C=O) groups is 1. The molecule has 0 bridgehead atoms. The summed E-state index contributed by atoms with van der Waals surface area (Å²) in [5.41, 5.74) is 2.30. The number of rotatable bonds is 4. The van der Waals surface area contributed by atoms with Gasteiger partial charge in [0.1, 0.15) is 0 Å². The molecule has 0 aromatic carbocycles. The van der Waals surface area contributed by atoms with E-state index in [1.807, 2.05) is 20.8 Å². The summed E-state index contributed by atoms with van der Waals surface area (Å²) in [5, 5.41) is 0. The van der Waals surface area contributed by atoms with Crippen LogP contribution in [0.3, 0.4) is 0 Å². The summed E-state index contributed by atoms with van der Waals surface area (Å²) in [7, 11) is 0. The Kier molecular flexibility index (Phi) is 3.63. The molecule has 0 spiro atoms. The third-order valence-corrected chi connectivity index (χ3v) is 2.00. The molecule has 0 amide bonds. The highest BCUT2D eigenvalue weighted by Gasteiger charge is 2.05. The predicted molar refractivity (Wildman–Crippen MR) is 54.9 cm³/mol. The Morgan fingerprint density at radius 2 is 2.21 bits per heavy atom. The summed E-state index contributed by atoms with van der Waals surface area (Å²) in [6.45, 7) is 6.40. The number of pyridine rings is 1. The smallest absolute Gasteiger partial charge is 0.213 e. The van der Waals surface area contributed by atoms with Crippen LogP contribution in [0.2, 0.25) is 0 Å². The van der Waals surface area contributed by atoms with Crippen molar-refractivity contribution in [2.24, 2.45) is 0 Å². The standard InChI is InChI=1S/C11H15NO2/c1-4-5-14-11-6-8(2)10(7-13)9(3)12-11/h6-7H,4-5H2,1-3H3. The van der Waals surface area contributed by atoms with E-state index in [0.717, 1.165) is 24.0 Å². The molecule has 3 nitrogen and oxygen atoms in total. The Labute approximate surface area is 84.1 Å². The van der Waals surface area contributed by atoms with E-state index in [-0.39, 0.29) is 0 Å². The Morgan fingerprint density at radius 1 is 1.50 bits per heavy atom. The van der Waals surface area contributed by atoms with Gasteiger partial charge in [-0.15, -0.1) is 0 Å². The van der Waals surface area contributed by atoms with Crippen LogP contribution in [0.25, 0.3) is 0 Å². The van der Waals surface area contributed by atoms with Crippen molar-refractivity contribution in [3.8, 4) is 5.88 Å². The van der Waals surface area contributed by atoms with Gasteiger partial charge in [0.2, 0.25) is 5.88 Å². The van der Waals surface area contributed by atoms with Crippen LogP contribution >= 0.6 is 0 Å². The van der Waals surface area contributed by atoms with E-state index in [2.05, 4.69) is 4.98 Å². The normalized spacial score (nSPS) is 9.93. The molecule has 3 heteroatoms. The Balaban J connectivity index is 2.95. The van der Waals surface area contributed by atoms with E-state index in [0.29, 0.717) is 18.1 Å². The molecule has 0 unspecified atom stereocenters. The number of carbonyl (C=O) groups excluding carboxylic acids is 1. The third kappa shape index (κ3) is 2.31. The number of aromatic nitrogens is 1. The van der Waals surface area contributed by atoms with E-state index in [4.69, 9.17) is 4.74 Å². The Bertz CT molecular complexity index is 311. The predicted octanol–water partition coefficient (Wildman–Crippen LogP) is 2.30. The number of hydrogen-bond acceptors (Lipinski definition) is 3. The van der Waals surface area contributed by atoms with Crippen molar-refractivity contribution in [1.82, 2.24) is 4.98 Å². The van der Waals surface area contributed by atoms with E-state index in [1.54, 1.807) is 6.07 Å². The second kappa shape index (κ2) is 4.74. The monoisotopic (exact) mass is 193 g/mol. The molecule has 1 aromatic heterocycles. The average molecular weight is 193 g/mol. The molecule has 0 aliphatic carbocycles. The number of aldehydes is 1. The van der Waals surface area contributed by atoms with Crippen LogP contribution in [0.15, 0.2) is 6.07 Å². The molecule has 14 heavy (non-hydrogen) atoms. The van der Waals surface area contributed by atoms with Gasteiger partial charge in [0.05, 0.1) is 12.3 Å². The maximum atomic E-state index is 10.7. The highest BCUT2D eigenvalue weighted by atomic mass is 16.5. The summed E-state index contributed by atoms with van der Waals surface area (Å²) in [5.74, 6) is 0.604. The van der Waals surface area contributed by atoms with Crippen LogP contribution in [0, 0.1) is 13.8 Å². The van der Waals surface area contributed by atoms with Gasteiger partial charge in [0.25, 0.3) is 0 Å². The van der Waals surface area contributed by atoms with Crippen LogP contribution in [-0.4, -0.2) is 17.9 Å². The van der Waals surface area contributed by atoms with Crippen LogP contribution in [0.5, 0.6) is 5.88 Å². The first-order chi connectivity index (χ1) is 6.69. The first kappa shape index (κ1) is 10.7. The maximum Gasteiger partial charge on any atom is 0.213 e. The van der Waals surface area contributed by atoms with E-state index in [1.165, 1.54) is 0 Å². The molecule has 0 fully saturated rings. The highest BCUT2D eigenvalue weighted by Crippen LogP contribution is 2.16. The number of nitrogens with zero attached hydrogens (tertiary/aromatic N) is 1. The summed E-state index contributed by atoms with van der Waals surface area (Å²) >= 11 is 0. The van der Waals surface area contributed by atoms with E-state index >= 15 is 0 Å². The molecular weight excluding hydrogens is 178 g/mol. The minimum Gasteiger partial charge on any atom is -0.478 e. The first-order valence-corrected chi connectivity index (χ1v) is 4.75. The summed E-state index contributed by atoms with van der Waals surface area (Å²) < 4.78 is 5.39. The SMILES string of the molecule is CCCOc1cc(C)c(C=O)c(C)n1. The van der Waals surface area contributed by atoms with Crippen molar-refractivity contribution in [3.05, 3.63) is 22.9 Å². The molecule has 0 aliphatic heterocycles. The maximum absolute atomic E-state index is 10.7. The van der Waals surface area contributed by atoms with E-state index < -0.39 is 0 Å². The van der Waals surface area contributed by atoms with Gasteiger partial charge in [-0.2, -0.15) is 0 Å². The Morgan fingerprint density at radius 3 is 2.71 bits per heavy atom. The molecule has 0 saturated carbocycles. The largest absolute Gasteiger partial charge is 0.478 e. The summed E-state index contributed by atoms with van der Waals surface area (Å²) in [4.78, 5) is 14.9. The molecule has 1 heterocycles. The van der Waals surface area contributed by atoms with Gasteiger partial charge in [-0.25, -0.2) is 4.98 Å². The molecule has 0 N–H and O–H groups in total. The first-order valence-electron chi connectivity index (χ1n) is 4.75. The Hall–Kier alpha value is -1.38. The van der Waals surface area contributed by atoms with Crippen molar-refractivity contribution in [1.29, 1.82) is 0 Å². The van der Waals surface area contributed by atoms with Crippen LogP contribution in [0.1, 0.15) is 35.0 Å². The molecular formula is C11H15NO2. The zero-order valence-corrected chi connectivity index (χ0v) is 8.83. The summed E-state index contributed by atoms with van der Waals surface area (Å²) in [6.07, 6.45) is 1.79. The quantitative estimate of drug-likeness (QED) is 0.689. The molecule has 1 aromatic rings. The minimum atomic E-state index is 0.604. The number of ether oxygens (including phenoxy) is 1. The van der Waals surface area contributed by atoms with Crippen molar-refractivity contribution < 1.29 is 9.53 Å². The van der Waals surface area contributed by atoms with Gasteiger partial charge in [-0.05, 0) is 25.8 Å². The third-order valence-electron chi connectivity index (χ3n) is 2.00.